The van der Waals surface area contributed by atoms with Gasteiger partial charge in [-0.25, -0.2) is 5.01 Å². The van der Waals surface area contributed by atoms with Crippen LogP contribution >= 0.6 is 11.6 Å². The van der Waals surface area contributed by atoms with Gasteiger partial charge in [-0.2, -0.15) is 5.10 Å². The smallest absolute Gasteiger partial charge is 0.257 e. The van der Waals surface area contributed by atoms with Gasteiger partial charge in [0.25, 0.3) is 5.91 Å². The highest BCUT2D eigenvalue weighted by molar-refractivity contribution is 6.31. The summed E-state index contributed by atoms with van der Waals surface area (Å²) >= 11 is 6.48. The molecule has 1 amide bonds. The molecule has 0 saturated heterocycles. The number of hydrogen-bond acceptors (Lipinski definition) is 3. The topological polar surface area (TPSA) is 35.9 Å². The lowest BCUT2D eigenvalue weighted by Gasteiger charge is -2.25. The van der Waals surface area contributed by atoms with Gasteiger partial charge >= 0.3 is 0 Å². The maximum atomic E-state index is 13.3. The molecule has 3 aromatic rings. The number of amides is 1. The van der Waals surface area contributed by atoms with Crippen LogP contribution in [0.1, 0.15) is 29.2 Å². The van der Waals surface area contributed by atoms with Crippen molar-refractivity contribution in [3.05, 3.63) is 107 Å². The summed E-state index contributed by atoms with van der Waals surface area (Å²) in [5.41, 5.74) is 4.03. The molecule has 152 valence electrons. The maximum Gasteiger partial charge on any atom is 0.257 e. The average molecular weight is 418 g/mol. The van der Waals surface area contributed by atoms with Crippen LogP contribution in [0.5, 0.6) is 0 Å². The molecule has 0 aliphatic carbocycles. The number of likely N-dealkylation sites (N-methyl/N-ethyl adjacent to an activating group) is 1. The van der Waals surface area contributed by atoms with E-state index in [1.54, 1.807) is 5.01 Å². The standard InChI is InChI=1S/C25H24ClN3O/c1-28(17-19-10-4-2-5-11-19)18-25(30)29-24(21-14-8-9-15-22(21)26)16-23(27-29)20-12-6-3-7-13-20/h2-15,24H,16-18H2,1H3. The lowest BCUT2D eigenvalue weighted by atomic mass is 9.98. The first-order chi connectivity index (χ1) is 14.6. The number of hydrazone groups is 1. The summed E-state index contributed by atoms with van der Waals surface area (Å²) in [4.78, 5) is 15.3. The van der Waals surface area contributed by atoms with E-state index in [0.29, 0.717) is 18.0 Å². The Labute approximate surface area is 182 Å². The van der Waals surface area contributed by atoms with Crippen molar-refractivity contribution in [1.29, 1.82) is 0 Å². The number of halogens is 1. The van der Waals surface area contributed by atoms with Crippen LogP contribution in [0.25, 0.3) is 0 Å². The molecule has 0 radical (unpaired) electrons. The normalized spacial score (nSPS) is 16.0. The molecule has 0 N–H and O–H groups in total. The number of carbonyl (C=O) groups is 1. The summed E-state index contributed by atoms with van der Waals surface area (Å²) in [5.74, 6) is -0.0377. The minimum Gasteiger partial charge on any atom is -0.293 e. The first-order valence-electron chi connectivity index (χ1n) is 10.0. The highest BCUT2D eigenvalue weighted by Gasteiger charge is 2.34. The van der Waals surface area contributed by atoms with Crippen molar-refractivity contribution in [2.24, 2.45) is 5.10 Å². The largest absolute Gasteiger partial charge is 0.293 e. The van der Waals surface area contributed by atoms with Gasteiger partial charge in [0.2, 0.25) is 0 Å². The SMILES string of the molecule is CN(CC(=O)N1N=C(c2ccccc2)CC1c1ccccc1Cl)Cc1ccccc1. The number of rotatable bonds is 6. The van der Waals surface area contributed by atoms with Crippen LogP contribution in [-0.2, 0) is 11.3 Å². The number of benzene rings is 3. The van der Waals surface area contributed by atoms with Crippen LogP contribution in [-0.4, -0.2) is 35.1 Å². The molecule has 1 aliphatic rings. The summed E-state index contributed by atoms with van der Waals surface area (Å²) < 4.78 is 0. The van der Waals surface area contributed by atoms with Crippen molar-refractivity contribution in [1.82, 2.24) is 9.91 Å². The lowest BCUT2D eigenvalue weighted by Crippen LogP contribution is -2.36. The lowest BCUT2D eigenvalue weighted by molar-refractivity contribution is -0.134. The van der Waals surface area contributed by atoms with Gasteiger partial charge in [0, 0.05) is 18.0 Å². The predicted molar refractivity (Wildman–Crippen MR) is 121 cm³/mol. The van der Waals surface area contributed by atoms with Crippen molar-refractivity contribution in [2.75, 3.05) is 13.6 Å². The summed E-state index contributed by atoms with van der Waals surface area (Å²) in [7, 11) is 1.95. The van der Waals surface area contributed by atoms with Crippen LogP contribution in [0.2, 0.25) is 5.02 Å². The van der Waals surface area contributed by atoms with E-state index in [9.17, 15) is 4.79 Å². The van der Waals surface area contributed by atoms with Gasteiger partial charge in [0.15, 0.2) is 0 Å². The maximum absolute atomic E-state index is 13.3. The third-order valence-corrected chi connectivity index (χ3v) is 5.58. The molecule has 3 aromatic carbocycles. The molecule has 0 saturated carbocycles. The number of nitrogens with zero attached hydrogens (tertiary/aromatic N) is 3. The van der Waals surface area contributed by atoms with Crippen LogP contribution in [0.15, 0.2) is 90.0 Å². The zero-order chi connectivity index (χ0) is 20.9. The monoisotopic (exact) mass is 417 g/mol. The highest BCUT2D eigenvalue weighted by Crippen LogP contribution is 2.36. The van der Waals surface area contributed by atoms with Crippen molar-refractivity contribution < 1.29 is 4.79 Å². The zero-order valence-corrected chi connectivity index (χ0v) is 17.7. The van der Waals surface area contributed by atoms with Gasteiger partial charge in [0.05, 0.1) is 18.3 Å². The zero-order valence-electron chi connectivity index (χ0n) is 16.9. The number of hydrogen-bond donors (Lipinski definition) is 0. The molecule has 0 aromatic heterocycles. The molecule has 1 atom stereocenters. The van der Waals surface area contributed by atoms with Gasteiger partial charge < -0.3 is 0 Å². The summed E-state index contributed by atoms with van der Waals surface area (Å²) in [6.07, 6.45) is 0.641. The Hall–Kier alpha value is -2.95. The minimum atomic E-state index is -0.202. The Morgan fingerprint density at radius 3 is 2.33 bits per heavy atom. The van der Waals surface area contributed by atoms with Gasteiger partial charge in [-0.05, 0) is 29.8 Å². The van der Waals surface area contributed by atoms with Crippen LogP contribution in [0.4, 0.5) is 0 Å². The quantitative estimate of drug-likeness (QED) is 0.556. The fourth-order valence-electron chi connectivity index (χ4n) is 3.79. The first kappa shape index (κ1) is 20.3. The predicted octanol–water partition coefficient (Wildman–Crippen LogP) is 5.15. The number of carbonyl (C=O) groups excluding carboxylic acids is 1. The molecule has 0 bridgehead atoms. The Kier molecular flexibility index (Phi) is 6.26. The van der Waals surface area contributed by atoms with Crippen LogP contribution < -0.4 is 0 Å². The highest BCUT2D eigenvalue weighted by atomic mass is 35.5. The molecule has 1 aliphatic heterocycles. The first-order valence-corrected chi connectivity index (χ1v) is 10.4. The summed E-state index contributed by atoms with van der Waals surface area (Å²) in [6, 6.07) is 27.6. The van der Waals surface area contributed by atoms with E-state index >= 15 is 0 Å². The summed E-state index contributed by atoms with van der Waals surface area (Å²) in [6.45, 7) is 0.980. The Bertz CT molecular complexity index is 1040. The second-order valence-electron chi connectivity index (χ2n) is 7.55. The Morgan fingerprint density at radius 2 is 1.63 bits per heavy atom. The van der Waals surface area contributed by atoms with E-state index in [1.807, 2.05) is 84.7 Å². The average Bonchev–Trinajstić information content (AvgIpc) is 3.21. The van der Waals surface area contributed by atoms with E-state index in [1.165, 1.54) is 5.56 Å². The van der Waals surface area contributed by atoms with Crippen molar-refractivity contribution in [3.8, 4) is 0 Å². The van der Waals surface area contributed by atoms with Crippen molar-refractivity contribution in [3.63, 3.8) is 0 Å². The van der Waals surface area contributed by atoms with Crippen LogP contribution in [0.3, 0.4) is 0 Å². The van der Waals surface area contributed by atoms with E-state index in [4.69, 9.17) is 16.7 Å². The molecule has 5 heteroatoms. The van der Waals surface area contributed by atoms with Gasteiger partial charge in [0.1, 0.15) is 0 Å². The third-order valence-electron chi connectivity index (χ3n) is 5.24. The van der Waals surface area contributed by atoms with Gasteiger partial charge in [-0.15, -0.1) is 0 Å². The second kappa shape index (κ2) is 9.24. The summed E-state index contributed by atoms with van der Waals surface area (Å²) in [5, 5.41) is 7.00. The minimum absolute atomic E-state index is 0.0377. The third kappa shape index (κ3) is 4.61. The molecule has 0 fully saturated rings. The van der Waals surface area contributed by atoms with E-state index in [0.717, 1.165) is 16.8 Å². The van der Waals surface area contributed by atoms with Gasteiger partial charge in [-0.3, -0.25) is 9.69 Å². The molecule has 1 unspecified atom stereocenters. The Morgan fingerprint density at radius 1 is 1.00 bits per heavy atom. The second-order valence-corrected chi connectivity index (χ2v) is 7.96. The molecule has 0 spiro atoms. The molecule has 4 rings (SSSR count). The molecular formula is C25H24ClN3O. The fourth-order valence-corrected chi connectivity index (χ4v) is 4.05. The fraction of sp³-hybridized carbons (Fsp3) is 0.200. The molecule has 4 nitrogen and oxygen atoms in total. The van der Waals surface area contributed by atoms with Gasteiger partial charge in [-0.1, -0.05) is 90.5 Å². The van der Waals surface area contributed by atoms with E-state index in [-0.39, 0.29) is 18.5 Å². The van der Waals surface area contributed by atoms with Crippen LogP contribution in [0, 0.1) is 0 Å². The molecule has 30 heavy (non-hydrogen) atoms. The van der Waals surface area contributed by atoms with Crippen molar-refractivity contribution >= 4 is 23.2 Å². The van der Waals surface area contributed by atoms with E-state index in [2.05, 4.69) is 12.1 Å². The Balaban J connectivity index is 1.57. The van der Waals surface area contributed by atoms with E-state index < -0.39 is 0 Å². The molecule has 1 heterocycles. The molecular weight excluding hydrogens is 394 g/mol. The van der Waals surface area contributed by atoms with Crippen molar-refractivity contribution in [2.45, 2.75) is 19.0 Å².